The van der Waals surface area contributed by atoms with E-state index in [0.29, 0.717) is 0 Å². The van der Waals surface area contributed by atoms with Crippen molar-refractivity contribution < 1.29 is 5.11 Å². The minimum absolute atomic E-state index is 0.574. The topological polar surface area (TPSA) is 20.2 Å². The van der Waals surface area contributed by atoms with Gasteiger partial charge in [0.05, 0.1) is 5.60 Å². The molecule has 0 spiro atoms. The van der Waals surface area contributed by atoms with Crippen molar-refractivity contribution in [3.05, 3.63) is 41.5 Å². The second kappa shape index (κ2) is 3.58. The lowest BCUT2D eigenvalue weighted by atomic mass is 9.97. The van der Waals surface area contributed by atoms with Gasteiger partial charge in [-0.05, 0) is 37.3 Å². The van der Waals surface area contributed by atoms with E-state index in [1.165, 1.54) is 11.1 Å². The van der Waals surface area contributed by atoms with Gasteiger partial charge in [0.15, 0.2) is 0 Å². The van der Waals surface area contributed by atoms with Crippen molar-refractivity contribution >= 4 is 6.08 Å². The van der Waals surface area contributed by atoms with E-state index in [-0.39, 0.29) is 0 Å². The highest BCUT2D eigenvalue weighted by molar-refractivity contribution is 5.55. The number of aliphatic hydroxyl groups is 1. The van der Waals surface area contributed by atoms with Crippen LogP contribution in [0.25, 0.3) is 6.08 Å². The first kappa shape index (κ1) is 9.47. The minimum Gasteiger partial charge on any atom is -0.386 e. The standard InChI is InChI=1S/C13H16O/c1-13(14)9-5-8-12(13)10-11-6-3-2-4-7-11/h2-4,6-7,10,14H,5,8-9H2,1H3/b12-10+. The van der Waals surface area contributed by atoms with Gasteiger partial charge in [0.25, 0.3) is 0 Å². The van der Waals surface area contributed by atoms with Gasteiger partial charge in [0.1, 0.15) is 0 Å². The molecule has 1 atom stereocenters. The molecule has 0 heterocycles. The predicted octanol–water partition coefficient (Wildman–Crippen LogP) is 3.00. The van der Waals surface area contributed by atoms with Crippen molar-refractivity contribution in [2.75, 3.05) is 0 Å². The van der Waals surface area contributed by atoms with Crippen LogP contribution in [0, 0.1) is 0 Å². The smallest absolute Gasteiger partial charge is 0.0832 e. The molecule has 0 aliphatic heterocycles. The zero-order valence-electron chi connectivity index (χ0n) is 8.53. The van der Waals surface area contributed by atoms with Gasteiger partial charge in [-0.1, -0.05) is 36.4 Å². The summed E-state index contributed by atoms with van der Waals surface area (Å²) in [5.74, 6) is 0. The third kappa shape index (κ3) is 1.88. The monoisotopic (exact) mass is 188 g/mol. The highest BCUT2D eigenvalue weighted by Crippen LogP contribution is 2.35. The van der Waals surface area contributed by atoms with Crippen LogP contribution in [-0.4, -0.2) is 10.7 Å². The van der Waals surface area contributed by atoms with E-state index < -0.39 is 5.60 Å². The fourth-order valence-electron chi connectivity index (χ4n) is 2.03. The van der Waals surface area contributed by atoms with Crippen LogP contribution in [-0.2, 0) is 0 Å². The molecular weight excluding hydrogens is 172 g/mol. The molecule has 1 saturated carbocycles. The minimum atomic E-state index is -0.574. The van der Waals surface area contributed by atoms with Gasteiger partial charge < -0.3 is 5.11 Å². The first-order valence-corrected chi connectivity index (χ1v) is 5.17. The summed E-state index contributed by atoms with van der Waals surface area (Å²) in [6, 6.07) is 10.2. The highest BCUT2D eigenvalue weighted by Gasteiger charge is 2.30. The van der Waals surface area contributed by atoms with Gasteiger partial charge in [-0.2, -0.15) is 0 Å². The van der Waals surface area contributed by atoms with E-state index in [2.05, 4.69) is 18.2 Å². The Morgan fingerprint density at radius 2 is 2.00 bits per heavy atom. The van der Waals surface area contributed by atoms with Crippen LogP contribution in [0.15, 0.2) is 35.9 Å². The van der Waals surface area contributed by atoms with Crippen LogP contribution in [0.4, 0.5) is 0 Å². The average molecular weight is 188 g/mol. The first-order valence-electron chi connectivity index (χ1n) is 5.17. The Labute approximate surface area is 85.1 Å². The van der Waals surface area contributed by atoms with Gasteiger partial charge in [0, 0.05) is 0 Å². The summed E-state index contributed by atoms with van der Waals surface area (Å²) in [6.45, 7) is 1.91. The Balaban J connectivity index is 2.27. The molecule has 1 nitrogen and oxygen atoms in total. The molecule has 74 valence electrons. The summed E-state index contributed by atoms with van der Waals surface area (Å²) in [4.78, 5) is 0. The van der Waals surface area contributed by atoms with Crippen molar-refractivity contribution in [2.45, 2.75) is 31.8 Å². The molecule has 2 rings (SSSR count). The van der Waals surface area contributed by atoms with Crippen molar-refractivity contribution in [1.29, 1.82) is 0 Å². The molecule has 1 fully saturated rings. The van der Waals surface area contributed by atoms with Gasteiger partial charge in [-0.3, -0.25) is 0 Å². The molecule has 1 unspecified atom stereocenters. The van der Waals surface area contributed by atoms with Gasteiger partial charge >= 0.3 is 0 Å². The van der Waals surface area contributed by atoms with Gasteiger partial charge in [-0.25, -0.2) is 0 Å². The lowest BCUT2D eigenvalue weighted by Crippen LogP contribution is -2.20. The molecule has 1 aromatic rings. The molecule has 0 saturated heterocycles. The summed E-state index contributed by atoms with van der Waals surface area (Å²) in [5.41, 5.74) is 1.78. The normalized spacial score (nSPS) is 29.7. The van der Waals surface area contributed by atoms with Crippen molar-refractivity contribution in [2.24, 2.45) is 0 Å². The Hall–Kier alpha value is -1.08. The van der Waals surface area contributed by atoms with E-state index >= 15 is 0 Å². The van der Waals surface area contributed by atoms with Crippen molar-refractivity contribution in [3.63, 3.8) is 0 Å². The Kier molecular flexibility index (Phi) is 2.42. The van der Waals surface area contributed by atoms with Crippen LogP contribution < -0.4 is 0 Å². The van der Waals surface area contributed by atoms with Crippen LogP contribution in [0.5, 0.6) is 0 Å². The van der Waals surface area contributed by atoms with E-state index in [1.54, 1.807) is 0 Å². The SMILES string of the molecule is CC1(O)CCC/C1=C\c1ccccc1. The van der Waals surface area contributed by atoms with Gasteiger partial charge in [0.2, 0.25) is 0 Å². The lowest BCUT2D eigenvalue weighted by molar-refractivity contribution is 0.107. The molecular formula is C13H16O. The van der Waals surface area contributed by atoms with E-state index in [9.17, 15) is 5.11 Å². The zero-order valence-corrected chi connectivity index (χ0v) is 8.53. The summed E-state index contributed by atoms with van der Waals surface area (Å²) in [6.07, 6.45) is 5.15. The molecule has 1 aliphatic rings. The summed E-state index contributed by atoms with van der Waals surface area (Å²) in [5, 5.41) is 10.0. The Bertz CT molecular complexity index is 336. The molecule has 1 aliphatic carbocycles. The fraction of sp³-hybridized carbons (Fsp3) is 0.385. The molecule has 0 bridgehead atoms. The third-order valence-electron chi connectivity index (χ3n) is 2.94. The lowest BCUT2D eigenvalue weighted by Gasteiger charge is -2.18. The van der Waals surface area contributed by atoms with E-state index in [4.69, 9.17) is 0 Å². The predicted molar refractivity (Wildman–Crippen MR) is 58.9 cm³/mol. The third-order valence-corrected chi connectivity index (χ3v) is 2.94. The molecule has 0 aromatic heterocycles. The number of benzene rings is 1. The molecule has 1 aromatic carbocycles. The van der Waals surface area contributed by atoms with Crippen LogP contribution in [0.1, 0.15) is 31.7 Å². The molecule has 0 amide bonds. The van der Waals surface area contributed by atoms with Crippen molar-refractivity contribution in [1.82, 2.24) is 0 Å². The van der Waals surface area contributed by atoms with Gasteiger partial charge in [-0.15, -0.1) is 0 Å². The quantitative estimate of drug-likeness (QED) is 0.718. The largest absolute Gasteiger partial charge is 0.386 e. The molecule has 1 N–H and O–H groups in total. The van der Waals surface area contributed by atoms with Crippen LogP contribution in [0.2, 0.25) is 0 Å². The zero-order chi connectivity index (χ0) is 10.0. The summed E-state index contributed by atoms with van der Waals surface area (Å²) < 4.78 is 0. The maximum atomic E-state index is 10.0. The first-order chi connectivity index (χ1) is 6.68. The average Bonchev–Trinajstić information content (AvgIpc) is 2.48. The maximum Gasteiger partial charge on any atom is 0.0832 e. The van der Waals surface area contributed by atoms with E-state index in [1.807, 2.05) is 25.1 Å². The summed E-state index contributed by atoms with van der Waals surface area (Å²) in [7, 11) is 0. The fourth-order valence-corrected chi connectivity index (χ4v) is 2.03. The Morgan fingerprint density at radius 3 is 2.57 bits per heavy atom. The number of rotatable bonds is 1. The second-order valence-corrected chi connectivity index (χ2v) is 4.21. The number of hydrogen-bond acceptors (Lipinski definition) is 1. The van der Waals surface area contributed by atoms with E-state index in [0.717, 1.165) is 19.3 Å². The summed E-state index contributed by atoms with van der Waals surface area (Å²) >= 11 is 0. The number of hydrogen-bond donors (Lipinski definition) is 1. The van der Waals surface area contributed by atoms with Crippen molar-refractivity contribution in [3.8, 4) is 0 Å². The molecule has 1 heteroatoms. The van der Waals surface area contributed by atoms with Crippen LogP contribution >= 0.6 is 0 Å². The molecule has 14 heavy (non-hydrogen) atoms. The highest BCUT2D eigenvalue weighted by atomic mass is 16.3. The second-order valence-electron chi connectivity index (χ2n) is 4.21. The Morgan fingerprint density at radius 1 is 1.29 bits per heavy atom. The molecule has 0 radical (unpaired) electrons. The maximum absolute atomic E-state index is 10.0. The van der Waals surface area contributed by atoms with Crippen LogP contribution in [0.3, 0.4) is 0 Å².